The molecule has 0 aromatic rings. The lowest BCUT2D eigenvalue weighted by atomic mass is 9.41. The molecular formula is C86H142BrN3O11S2. The Balaban J connectivity index is 0.000000146. The summed E-state index contributed by atoms with van der Waals surface area (Å²) in [6.45, 7) is 35.1. The Kier molecular flexibility index (Phi) is 25.3. The van der Waals surface area contributed by atoms with Crippen LogP contribution in [0.15, 0.2) is 0 Å². The lowest BCUT2D eigenvalue weighted by Crippen LogP contribution is -2.62. The predicted molar refractivity (Wildman–Crippen MR) is 417 cm³/mol. The monoisotopic (exact) mass is 1540 g/mol. The number of halogens is 1. The lowest BCUT2D eigenvalue weighted by molar-refractivity contribution is -0.231. The number of methoxy groups -OCH3 is 2. The number of carboxylic acids is 1. The number of amidine groups is 1. The van der Waals surface area contributed by atoms with Crippen LogP contribution in [-0.2, 0) is 33.3 Å². The Hall–Kier alpha value is -1.31. The first kappa shape index (κ1) is 81.2. The Morgan fingerprint density at radius 1 is 0.515 bits per heavy atom. The molecule has 0 spiro atoms. The van der Waals surface area contributed by atoms with E-state index in [1.165, 1.54) is 140 Å². The van der Waals surface area contributed by atoms with Crippen molar-refractivity contribution < 1.29 is 53.4 Å². The molecule has 36 atom stereocenters. The molecule has 14 rings (SSSR count). The summed E-state index contributed by atoms with van der Waals surface area (Å²) in [5.41, 5.74) is 1.89. The van der Waals surface area contributed by atoms with Crippen LogP contribution in [0.2, 0.25) is 0 Å². The minimum Gasteiger partial charge on any atom is -0.480 e. The Morgan fingerprint density at radius 3 is 1.29 bits per heavy atom. The topological polar surface area (TPSA) is 214 Å². The van der Waals surface area contributed by atoms with Gasteiger partial charge >= 0.3 is 5.97 Å². The minimum absolute atomic E-state index is 0.0387. The van der Waals surface area contributed by atoms with Crippen LogP contribution >= 0.6 is 39.5 Å². The van der Waals surface area contributed by atoms with Crippen molar-refractivity contribution in [3.05, 3.63) is 0 Å². The summed E-state index contributed by atoms with van der Waals surface area (Å²) in [5.74, 6) is 12.9. The highest BCUT2D eigenvalue weighted by atomic mass is 79.9. The molecule has 2 heterocycles. The van der Waals surface area contributed by atoms with Gasteiger partial charge in [-0.2, -0.15) is 0 Å². The van der Waals surface area contributed by atoms with E-state index in [1.54, 1.807) is 14.2 Å². The first-order chi connectivity index (χ1) is 48.8. The van der Waals surface area contributed by atoms with E-state index in [-0.39, 0.29) is 61.9 Å². The van der Waals surface area contributed by atoms with Gasteiger partial charge in [0.1, 0.15) is 18.4 Å². The second kappa shape index (κ2) is 32.1. The maximum atomic E-state index is 12.4. The second-order valence-electron chi connectivity index (χ2n) is 39.6. The molecule has 0 radical (unpaired) electrons. The minimum atomic E-state index is -0.730. The molecule has 12 unspecified atom stereocenters. The zero-order valence-corrected chi connectivity index (χ0v) is 69.8. The first-order valence-corrected chi connectivity index (χ1v) is 45.0. The van der Waals surface area contributed by atoms with Crippen LogP contribution in [-0.4, -0.2) is 111 Å². The highest BCUT2D eigenvalue weighted by Crippen LogP contribution is 2.74. The van der Waals surface area contributed by atoms with Gasteiger partial charge in [-0.1, -0.05) is 168 Å². The first-order valence-electron chi connectivity index (χ1n) is 42.3. The third-order valence-corrected chi connectivity index (χ3v) is 38.1. The van der Waals surface area contributed by atoms with Gasteiger partial charge in [0, 0.05) is 14.2 Å². The Bertz CT molecular complexity index is 3000. The fourth-order valence-corrected chi connectivity index (χ4v) is 33.2. The highest BCUT2D eigenvalue weighted by molar-refractivity contribution is 9.10. The molecule has 586 valence electrons. The summed E-state index contributed by atoms with van der Waals surface area (Å²) in [6.07, 6.45) is 32.0. The van der Waals surface area contributed by atoms with Crippen LogP contribution in [0.4, 0.5) is 4.79 Å². The van der Waals surface area contributed by atoms with Gasteiger partial charge in [0.15, 0.2) is 5.17 Å². The summed E-state index contributed by atoms with van der Waals surface area (Å²) in [7, 11) is 3.52. The number of carboxylic acid groups (broad SMARTS) is 1. The zero-order chi connectivity index (χ0) is 74.4. The molecule has 14 nitrogen and oxygen atoms in total. The van der Waals surface area contributed by atoms with E-state index >= 15 is 0 Å². The van der Waals surface area contributed by atoms with Gasteiger partial charge in [0.25, 0.3) is 5.24 Å². The lowest BCUT2D eigenvalue weighted by Gasteiger charge is -2.65. The van der Waals surface area contributed by atoms with Crippen molar-refractivity contribution in [1.82, 2.24) is 10.6 Å². The Labute approximate surface area is 639 Å². The molecule has 2 saturated heterocycles. The number of aliphatic hydroxyl groups is 2. The van der Waals surface area contributed by atoms with Crippen molar-refractivity contribution >= 4 is 67.6 Å². The molecule has 14 aliphatic rings. The van der Waals surface area contributed by atoms with E-state index in [9.17, 15) is 34.5 Å². The average molecular weight is 1540 g/mol. The van der Waals surface area contributed by atoms with Gasteiger partial charge in [0.2, 0.25) is 11.8 Å². The molecule has 12 saturated carbocycles. The average Bonchev–Trinajstić information content (AvgIpc) is 1.70. The third-order valence-electron chi connectivity index (χ3n) is 35.3. The number of carbonyl (C=O) groups excluding carboxylic acids is 3. The Morgan fingerprint density at radius 2 is 0.893 bits per heavy atom. The maximum Gasteiger partial charge on any atom is 0.317 e. The van der Waals surface area contributed by atoms with E-state index < -0.39 is 10.8 Å². The number of nitrogens with one attached hydrogen (secondary N) is 3. The smallest absolute Gasteiger partial charge is 0.317 e. The zero-order valence-electron chi connectivity index (χ0n) is 66.6. The summed E-state index contributed by atoms with van der Waals surface area (Å²) >= 11 is 6.01. The molecule has 14 fully saturated rings. The van der Waals surface area contributed by atoms with Gasteiger partial charge in [0.05, 0.1) is 34.9 Å². The number of hydrogen-bond donors (Lipinski definition) is 6. The van der Waals surface area contributed by atoms with Crippen LogP contribution in [0.3, 0.4) is 0 Å². The largest absolute Gasteiger partial charge is 0.480 e. The number of imide groups is 1. The summed E-state index contributed by atoms with van der Waals surface area (Å²) in [5, 5.41) is 44.6. The van der Waals surface area contributed by atoms with E-state index in [2.05, 4.69) is 123 Å². The quantitative estimate of drug-likeness (QED) is 0.0525. The molecular weight excluding hydrogens is 1390 g/mol. The number of aliphatic hydroxyl groups excluding tert-OH is 2. The van der Waals surface area contributed by atoms with Gasteiger partial charge in [-0.15, -0.1) is 0 Å². The standard InChI is InChI=1S/C30H50N2O3S.C29H49BrO4.C27H43NO4S/c1-7-19-23-14-17(2)10-12-30(23,5)22-11-13-29(4)20(18(3)15-24-27(33)32-28(31)36-24)8-9-21(29)25(22)26(19)35-16-34-6;1-7-19-23-14-17(2)10-12-29(23,5)22-11-13-28(4)20(18(3)15-24(30)27(31)32)8-9-21(28)25(22)26(19)34-16-33-6;1-5-16-20-13-15(29)8-10-27(20,4)19-9-11-26(3)17(6-7-18(26)22(19)23(16)30)14(2)12-21-24(31)28-25(32)33-21/h17-26H,7-16H2,1-6H3,(H2,31,32,33);17-26H,7-16H2,1-6H3,(H,31,32);14-23,29-30H,5-13H2,1-4H3,(H,28,31,32)/t17-,18-,19-,20-,21?,22?,23+,24?,25?,26-,29-,30-;17-,18-,19-,20-,21?,22?,23+,24?,25?,26-,28-,29-;14-,15-,16-,17-,18?,19?,20+,21?,22?,23-,26-,27-/m111/s1. The summed E-state index contributed by atoms with van der Waals surface area (Å²) in [4.78, 5) is 47.3. The third kappa shape index (κ3) is 14.5. The van der Waals surface area contributed by atoms with Crippen LogP contribution in [0.25, 0.3) is 0 Å². The van der Waals surface area contributed by atoms with Crippen molar-refractivity contribution in [1.29, 1.82) is 5.41 Å². The fraction of sp³-hybridized carbons (Fsp3) is 0.942. The number of carbonyl (C=O) groups is 4. The van der Waals surface area contributed by atoms with E-state index in [1.807, 2.05) is 0 Å². The van der Waals surface area contributed by atoms with E-state index in [0.717, 1.165) is 92.2 Å². The normalized spacial score (nSPS) is 49.9. The van der Waals surface area contributed by atoms with Crippen molar-refractivity contribution in [3.8, 4) is 0 Å². The summed E-state index contributed by atoms with van der Waals surface area (Å²) < 4.78 is 24.4. The van der Waals surface area contributed by atoms with Crippen LogP contribution < -0.4 is 10.6 Å². The van der Waals surface area contributed by atoms with Crippen molar-refractivity contribution in [2.45, 2.75) is 310 Å². The number of thioether (sulfide) groups is 2. The van der Waals surface area contributed by atoms with Crippen LogP contribution in [0, 0.1) is 174 Å². The molecule has 0 bridgehead atoms. The molecule has 3 amide bonds. The number of ether oxygens (including phenoxy) is 4. The SMILES string of the molecule is CC[C@H]1[C@@H](O)C2C3CC[C@H]([C@H](C)CC4SC(=O)NC4=O)[C@@]3(C)CCC2[C@@]2(C)CC[C@@H](O)C[C@@H]12.CC[C@H]1[C@@H](OCOC)C2C3CC[C@H]([C@H](C)CC(Br)C(=O)O)[C@@]3(C)CCC2[C@@]2(C)CC[C@@H](C)C[C@@H]12.CC[C@H]1[C@@H](OCOC)C2C3CC[C@H]([C@H](C)CC4SC(=N)NC4=O)[C@@]3(C)CCC2[C@@]2(C)CC[C@@H](C)C[C@@H]12. The number of fused-ring (bicyclic) bond motifs is 15. The molecule has 0 aromatic heterocycles. The predicted octanol–water partition coefficient (Wildman–Crippen LogP) is 19.1. The van der Waals surface area contributed by atoms with Crippen molar-refractivity contribution in [3.63, 3.8) is 0 Å². The molecule has 6 N–H and O–H groups in total. The van der Waals surface area contributed by atoms with Crippen molar-refractivity contribution in [2.75, 3.05) is 27.8 Å². The maximum absolute atomic E-state index is 12.4. The van der Waals surface area contributed by atoms with E-state index in [0.29, 0.717) is 142 Å². The molecule has 0 aromatic carbocycles. The van der Waals surface area contributed by atoms with Crippen LogP contribution in [0.5, 0.6) is 0 Å². The summed E-state index contributed by atoms with van der Waals surface area (Å²) in [6, 6.07) is 0. The molecule has 12 aliphatic carbocycles. The number of aliphatic carboxylic acids is 1. The molecule has 2 aliphatic heterocycles. The second-order valence-corrected chi connectivity index (χ2v) is 43.1. The number of amides is 3. The number of alkyl halides is 1. The van der Waals surface area contributed by atoms with Gasteiger partial charge in [-0.3, -0.25) is 29.9 Å². The number of hydrogen-bond acceptors (Lipinski definition) is 13. The molecule has 17 heteroatoms. The molecule has 103 heavy (non-hydrogen) atoms. The van der Waals surface area contributed by atoms with Gasteiger partial charge < -0.3 is 39.6 Å². The number of rotatable bonds is 19. The van der Waals surface area contributed by atoms with Gasteiger partial charge in [-0.05, 0) is 310 Å². The van der Waals surface area contributed by atoms with E-state index in [4.69, 9.17) is 24.4 Å². The highest BCUT2D eigenvalue weighted by Gasteiger charge is 2.69. The fourth-order valence-electron chi connectivity index (χ4n) is 30.6. The van der Waals surface area contributed by atoms with Crippen LogP contribution in [0.1, 0.15) is 270 Å². The van der Waals surface area contributed by atoms with Crippen molar-refractivity contribution in [2.24, 2.45) is 169 Å². The van der Waals surface area contributed by atoms with Gasteiger partial charge in [-0.25, -0.2) is 0 Å².